The minimum atomic E-state index is -3.72. The van der Waals surface area contributed by atoms with E-state index in [4.69, 9.17) is 4.74 Å². The fraction of sp³-hybridized carbons (Fsp3) is 0.471. The summed E-state index contributed by atoms with van der Waals surface area (Å²) in [5.74, 6) is -1.65. The van der Waals surface area contributed by atoms with E-state index in [-0.39, 0.29) is 16.5 Å². The van der Waals surface area contributed by atoms with Crippen molar-refractivity contribution in [2.75, 3.05) is 20.7 Å². The summed E-state index contributed by atoms with van der Waals surface area (Å²) in [5.41, 5.74) is 0.516. The number of benzene rings is 1. The number of imide groups is 1. The summed E-state index contributed by atoms with van der Waals surface area (Å²) in [7, 11) is -0.964. The Labute approximate surface area is 159 Å². The van der Waals surface area contributed by atoms with Crippen molar-refractivity contribution in [3.8, 4) is 0 Å². The Morgan fingerprint density at radius 1 is 1.22 bits per heavy atom. The summed E-state index contributed by atoms with van der Waals surface area (Å²) in [4.78, 5) is 35.4. The number of urea groups is 1. The van der Waals surface area contributed by atoms with Crippen LogP contribution < -0.4 is 10.6 Å². The molecular weight excluding hydrogens is 374 g/mol. The molecule has 0 saturated heterocycles. The minimum Gasteiger partial charge on any atom is -0.452 e. The molecule has 0 bridgehead atoms. The smallest absolute Gasteiger partial charge is 0.338 e. The summed E-state index contributed by atoms with van der Waals surface area (Å²) in [6.45, 7) is 4.60. The largest absolute Gasteiger partial charge is 0.452 e. The number of esters is 1. The zero-order valence-corrected chi connectivity index (χ0v) is 16.8. The van der Waals surface area contributed by atoms with Crippen LogP contribution in [-0.4, -0.2) is 57.4 Å². The summed E-state index contributed by atoms with van der Waals surface area (Å²) < 4.78 is 30.3. The third-order valence-corrected chi connectivity index (χ3v) is 5.60. The number of carbonyl (C=O) groups excluding carboxylic acids is 3. The fourth-order valence-electron chi connectivity index (χ4n) is 1.93. The zero-order chi connectivity index (χ0) is 20.8. The summed E-state index contributed by atoms with van der Waals surface area (Å²) in [6, 6.07) is 3.27. The van der Waals surface area contributed by atoms with Gasteiger partial charge in [-0.1, -0.05) is 13.0 Å². The summed E-state index contributed by atoms with van der Waals surface area (Å²) >= 11 is 0. The highest BCUT2D eigenvalue weighted by Gasteiger charge is 2.21. The van der Waals surface area contributed by atoms with Crippen LogP contribution in [0.2, 0.25) is 0 Å². The Morgan fingerprint density at radius 3 is 2.41 bits per heavy atom. The Kier molecular flexibility index (Phi) is 7.92. The number of amides is 3. The first kappa shape index (κ1) is 22.6. The number of aryl methyl sites for hydroxylation is 1. The summed E-state index contributed by atoms with van der Waals surface area (Å²) in [5, 5.41) is 4.59. The molecule has 10 heteroatoms. The Balaban J connectivity index is 2.78. The van der Waals surface area contributed by atoms with Crippen LogP contribution in [0.4, 0.5) is 4.79 Å². The van der Waals surface area contributed by atoms with Gasteiger partial charge in [-0.05, 0) is 38.0 Å². The van der Waals surface area contributed by atoms with E-state index in [1.165, 1.54) is 32.3 Å². The maximum atomic E-state index is 12.2. The van der Waals surface area contributed by atoms with Crippen molar-refractivity contribution in [1.82, 2.24) is 14.9 Å². The molecule has 0 aliphatic rings. The first-order chi connectivity index (χ1) is 12.5. The first-order valence-corrected chi connectivity index (χ1v) is 9.73. The lowest BCUT2D eigenvalue weighted by Gasteiger charge is -2.14. The molecule has 1 atom stereocenters. The maximum Gasteiger partial charge on any atom is 0.338 e. The van der Waals surface area contributed by atoms with E-state index >= 15 is 0 Å². The Bertz CT molecular complexity index is 820. The highest BCUT2D eigenvalue weighted by Crippen LogP contribution is 2.18. The van der Waals surface area contributed by atoms with Crippen molar-refractivity contribution in [1.29, 1.82) is 0 Å². The van der Waals surface area contributed by atoms with Gasteiger partial charge in [0.2, 0.25) is 10.0 Å². The molecule has 0 unspecified atom stereocenters. The van der Waals surface area contributed by atoms with Gasteiger partial charge in [-0.25, -0.2) is 22.3 Å². The van der Waals surface area contributed by atoms with Gasteiger partial charge in [0.05, 0.1) is 10.5 Å². The molecular formula is C17H25N3O6S. The molecule has 1 aromatic carbocycles. The highest BCUT2D eigenvalue weighted by molar-refractivity contribution is 7.89. The topological polar surface area (TPSA) is 122 Å². The number of hydrogen-bond acceptors (Lipinski definition) is 6. The number of hydrogen-bond donors (Lipinski definition) is 2. The van der Waals surface area contributed by atoms with E-state index in [0.29, 0.717) is 12.0 Å². The lowest BCUT2D eigenvalue weighted by molar-refractivity contribution is -0.123. The van der Waals surface area contributed by atoms with Gasteiger partial charge >= 0.3 is 12.0 Å². The van der Waals surface area contributed by atoms with Gasteiger partial charge in [-0.3, -0.25) is 10.1 Å². The lowest BCUT2D eigenvalue weighted by atomic mass is 10.1. The molecule has 0 aromatic heterocycles. The van der Waals surface area contributed by atoms with Gasteiger partial charge in [-0.2, -0.15) is 0 Å². The second-order valence-electron chi connectivity index (χ2n) is 6.17. The molecule has 0 aliphatic carbocycles. The molecule has 0 spiro atoms. The second kappa shape index (κ2) is 9.47. The SMILES string of the molecule is CC[C@H](C)NC(=O)NC(=O)COC(=O)c1cc(S(=O)(=O)N(C)C)ccc1C. The minimum absolute atomic E-state index is 0.0229. The molecule has 27 heavy (non-hydrogen) atoms. The van der Waals surface area contributed by atoms with E-state index in [0.717, 1.165) is 4.31 Å². The van der Waals surface area contributed by atoms with Gasteiger partial charge in [0, 0.05) is 20.1 Å². The average Bonchev–Trinajstić information content (AvgIpc) is 2.59. The van der Waals surface area contributed by atoms with E-state index < -0.39 is 34.5 Å². The molecule has 3 amide bonds. The Hall–Kier alpha value is -2.46. The lowest BCUT2D eigenvalue weighted by Crippen LogP contribution is -2.44. The second-order valence-corrected chi connectivity index (χ2v) is 8.32. The predicted octanol–water partition coefficient (Wildman–Crippen LogP) is 1.03. The van der Waals surface area contributed by atoms with E-state index in [2.05, 4.69) is 5.32 Å². The van der Waals surface area contributed by atoms with Crippen molar-refractivity contribution in [3.63, 3.8) is 0 Å². The maximum absolute atomic E-state index is 12.2. The number of carbonyl (C=O) groups is 3. The average molecular weight is 399 g/mol. The van der Waals surface area contributed by atoms with Crippen LogP contribution in [0.3, 0.4) is 0 Å². The van der Waals surface area contributed by atoms with Gasteiger partial charge in [0.15, 0.2) is 6.61 Å². The van der Waals surface area contributed by atoms with E-state index in [1.54, 1.807) is 13.8 Å². The van der Waals surface area contributed by atoms with E-state index in [1.807, 2.05) is 12.2 Å². The third kappa shape index (κ3) is 6.33. The van der Waals surface area contributed by atoms with Crippen LogP contribution in [0.1, 0.15) is 36.2 Å². The molecule has 9 nitrogen and oxygen atoms in total. The van der Waals surface area contributed by atoms with Crippen molar-refractivity contribution < 1.29 is 27.5 Å². The van der Waals surface area contributed by atoms with Gasteiger partial charge in [0.1, 0.15) is 0 Å². The van der Waals surface area contributed by atoms with Crippen LogP contribution >= 0.6 is 0 Å². The zero-order valence-electron chi connectivity index (χ0n) is 16.0. The number of ether oxygens (including phenoxy) is 1. The number of sulfonamides is 1. The van der Waals surface area contributed by atoms with Crippen LogP contribution in [0, 0.1) is 6.92 Å². The van der Waals surface area contributed by atoms with Crippen molar-refractivity contribution in [2.24, 2.45) is 0 Å². The molecule has 2 N–H and O–H groups in total. The quantitative estimate of drug-likeness (QED) is 0.660. The van der Waals surface area contributed by atoms with E-state index in [9.17, 15) is 22.8 Å². The normalized spacial score (nSPS) is 12.4. The van der Waals surface area contributed by atoms with Gasteiger partial charge in [-0.15, -0.1) is 0 Å². The number of nitrogens with zero attached hydrogens (tertiary/aromatic N) is 1. The Morgan fingerprint density at radius 2 is 1.85 bits per heavy atom. The van der Waals surface area contributed by atoms with Crippen LogP contribution in [-0.2, 0) is 19.6 Å². The van der Waals surface area contributed by atoms with Crippen LogP contribution in [0.5, 0.6) is 0 Å². The van der Waals surface area contributed by atoms with Gasteiger partial charge in [0.25, 0.3) is 5.91 Å². The molecule has 150 valence electrons. The molecule has 0 aliphatic heterocycles. The molecule has 0 saturated carbocycles. The molecule has 0 heterocycles. The molecule has 0 fully saturated rings. The number of nitrogens with one attached hydrogen (secondary N) is 2. The number of rotatable bonds is 7. The third-order valence-electron chi connectivity index (χ3n) is 3.78. The summed E-state index contributed by atoms with van der Waals surface area (Å²) in [6.07, 6.45) is 0.696. The first-order valence-electron chi connectivity index (χ1n) is 8.29. The van der Waals surface area contributed by atoms with Crippen LogP contribution in [0.15, 0.2) is 23.1 Å². The highest BCUT2D eigenvalue weighted by atomic mass is 32.2. The van der Waals surface area contributed by atoms with Crippen molar-refractivity contribution >= 4 is 27.9 Å². The van der Waals surface area contributed by atoms with Crippen molar-refractivity contribution in [3.05, 3.63) is 29.3 Å². The van der Waals surface area contributed by atoms with Crippen LogP contribution in [0.25, 0.3) is 0 Å². The fourth-order valence-corrected chi connectivity index (χ4v) is 2.85. The molecule has 1 rings (SSSR count). The molecule has 0 radical (unpaired) electrons. The molecule has 1 aromatic rings. The standard InChI is InChI=1S/C17H25N3O6S/c1-6-12(3)18-17(23)19-15(21)10-26-16(22)14-9-13(8-7-11(14)2)27(24,25)20(4)5/h7-9,12H,6,10H2,1-5H3,(H2,18,19,21,23)/t12-/m0/s1. The van der Waals surface area contributed by atoms with Gasteiger partial charge < -0.3 is 10.1 Å². The predicted molar refractivity (Wildman–Crippen MR) is 98.8 cm³/mol. The monoisotopic (exact) mass is 399 g/mol. The van der Waals surface area contributed by atoms with Crippen molar-refractivity contribution in [2.45, 2.75) is 38.1 Å².